The van der Waals surface area contributed by atoms with Crippen LogP contribution in [0.15, 0.2) is 41.8 Å². The van der Waals surface area contributed by atoms with Crippen LogP contribution in [0, 0.1) is 6.92 Å². The van der Waals surface area contributed by atoms with Gasteiger partial charge in [-0.2, -0.15) is 0 Å². The molecule has 1 aromatic carbocycles. The summed E-state index contributed by atoms with van der Waals surface area (Å²) in [5, 5.41) is 6.02. The van der Waals surface area contributed by atoms with Crippen molar-refractivity contribution in [3.63, 3.8) is 0 Å². The van der Waals surface area contributed by atoms with Crippen LogP contribution in [0.25, 0.3) is 20.7 Å². The SMILES string of the molecule is Cc1ccccc1NC(=O)c1sc2nc3c(c(-c4cccs4)c2c1N)CCC3. The minimum absolute atomic E-state index is 0.174. The molecule has 4 aromatic rings. The maximum absolute atomic E-state index is 13.0. The van der Waals surface area contributed by atoms with E-state index in [0.717, 1.165) is 46.4 Å². The van der Waals surface area contributed by atoms with Gasteiger partial charge >= 0.3 is 0 Å². The molecule has 0 atom stereocenters. The monoisotopic (exact) mass is 405 g/mol. The van der Waals surface area contributed by atoms with Crippen LogP contribution in [0.1, 0.15) is 32.9 Å². The summed E-state index contributed by atoms with van der Waals surface area (Å²) in [5.74, 6) is -0.174. The Morgan fingerprint density at radius 1 is 1.18 bits per heavy atom. The number of nitrogens with two attached hydrogens (primary N) is 1. The average molecular weight is 406 g/mol. The van der Waals surface area contributed by atoms with Gasteiger partial charge in [0.15, 0.2) is 0 Å². The molecule has 0 aliphatic heterocycles. The van der Waals surface area contributed by atoms with Crippen LogP contribution >= 0.6 is 22.7 Å². The number of carbonyl (C=O) groups excluding carboxylic acids is 1. The molecule has 0 bridgehead atoms. The Bertz CT molecular complexity index is 1210. The zero-order chi connectivity index (χ0) is 19.3. The highest BCUT2D eigenvalue weighted by molar-refractivity contribution is 7.21. The normalized spacial score (nSPS) is 13.0. The summed E-state index contributed by atoms with van der Waals surface area (Å²) in [5.41, 5.74) is 12.5. The molecule has 3 heterocycles. The van der Waals surface area contributed by atoms with E-state index in [1.54, 1.807) is 11.3 Å². The Balaban J connectivity index is 1.67. The van der Waals surface area contributed by atoms with Gasteiger partial charge < -0.3 is 11.1 Å². The van der Waals surface area contributed by atoms with Gasteiger partial charge in [0.25, 0.3) is 5.91 Å². The zero-order valence-electron chi connectivity index (χ0n) is 15.4. The highest BCUT2D eigenvalue weighted by Crippen LogP contribution is 2.45. The summed E-state index contributed by atoms with van der Waals surface area (Å²) < 4.78 is 0. The molecule has 28 heavy (non-hydrogen) atoms. The molecule has 0 unspecified atom stereocenters. The van der Waals surface area contributed by atoms with E-state index >= 15 is 0 Å². The second kappa shape index (κ2) is 6.72. The highest BCUT2D eigenvalue weighted by atomic mass is 32.1. The Hall–Kier alpha value is -2.70. The molecule has 6 heteroatoms. The minimum atomic E-state index is -0.174. The van der Waals surface area contributed by atoms with Gasteiger partial charge in [-0.3, -0.25) is 4.79 Å². The number of para-hydroxylation sites is 1. The molecule has 0 saturated heterocycles. The van der Waals surface area contributed by atoms with E-state index in [1.807, 2.05) is 31.2 Å². The molecule has 1 aliphatic carbocycles. The van der Waals surface area contributed by atoms with Gasteiger partial charge in [-0.25, -0.2) is 4.98 Å². The zero-order valence-corrected chi connectivity index (χ0v) is 17.0. The first-order valence-corrected chi connectivity index (χ1v) is 11.0. The summed E-state index contributed by atoms with van der Waals surface area (Å²) in [7, 11) is 0. The summed E-state index contributed by atoms with van der Waals surface area (Å²) in [4.78, 5) is 20.5. The number of benzene rings is 1. The Labute approximate surface area is 171 Å². The van der Waals surface area contributed by atoms with Gasteiger partial charge in [0.2, 0.25) is 0 Å². The predicted molar refractivity (Wildman–Crippen MR) is 119 cm³/mol. The first kappa shape index (κ1) is 17.4. The van der Waals surface area contributed by atoms with Gasteiger partial charge in [-0.1, -0.05) is 24.3 Å². The second-order valence-corrected chi connectivity index (χ2v) is 8.98. The van der Waals surface area contributed by atoms with Gasteiger partial charge in [-0.15, -0.1) is 22.7 Å². The van der Waals surface area contributed by atoms with E-state index in [1.165, 1.54) is 27.3 Å². The van der Waals surface area contributed by atoms with Crippen molar-refractivity contribution >= 4 is 50.2 Å². The van der Waals surface area contributed by atoms with E-state index in [9.17, 15) is 4.79 Å². The van der Waals surface area contributed by atoms with Gasteiger partial charge in [0.1, 0.15) is 9.71 Å². The summed E-state index contributed by atoms with van der Waals surface area (Å²) in [6.45, 7) is 1.98. The molecule has 5 rings (SSSR count). The van der Waals surface area contributed by atoms with Crippen LogP contribution in [-0.4, -0.2) is 10.9 Å². The number of rotatable bonds is 3. The molecule has 0 saturated carbocycles. The molecule has 0 spiro atoms. The number of pyridine rings is 1. The third kappa shape index (κ3) is 2.72. The molecule has 1 amide bonds. The fourth-order valence-electron chi connectivity index (χ4n) is 3.90. The van der Waals surface area contributed by atoms with Crippen molar-refractivity contribution in [3.8, 4) is 10.4 Å². The van der Waals surface area contributed by atoms with Crippen LogP contribution in [0.4, 0.5) is 11.4 Å². The lowest BCUT2D eigenvalue weighted by molar-refractivity contribution is 0.103. The predicted octanol–water partition coefficient (Wildman–Crippen LogP) is 5.66. The molecular weight excluding hydrogens is 386 g/mol. The van der Waals surface area contributed by atoms with Gasteiger partial charge in [0, 0.05) is 27.2 Å². The summed E-state index contributed by atoms with van der Waals surface area (Å²) in [6.07, 6.45) is 3.14. The first-order valence-electron chi connectivity index (χ1n) is 9.28. The number of amides is 1. The number of hydrogen-bond acceptors (Lipinski definition) is 5. The largest absolute Gasteiger partial charge is 0.397 e. The van der Waals surface area contributed by atoms with Crippen LogP contribution in [0.2, 0.25) is 0 Å². The fraction of sp³-hybridized carbons (Fsp3) is 0.182. The van der Waals surface area contributed by atoms with Crippen LogP contribution in [0.5, 0.6) is 0 Å². The van der Waals surface area contributed by atoms with Gasteiger partial charge in [0.05, 0.1) is 5.69 Å². The third-order valence-electron chi connectivity index (χ3n) is 5.27. The first-order chi connectivity index (χ1) is 13.6. The number of fused-ring (bicyclic) bond motifs is 2. The molecule has 0 fully saturated rings. The lowest BCUT2D eigenvalue weighted by Crippen LogP contribution is -2.12. The number of anilines is 2. The van der Waals surface area contributed by atoms with Crippen molar-refractivity contribution < 1.29 is 4.79 Å². The van der Waals surface area contributed by atoms with Crippen molar-refractivity contribution in [2.45, 2.75) is 26.2 Å². The lowest BCUT2D eigenvalue weighted by Gasteiger charge is -2.10. The minimum Gasteiger partial charge on any atom is -0.397 e. The highest BCUT2D eigenvalue weighted by Gasteiger charge is 2.27. The molecular formula is C22H19N3OS2. The van der Waals surface area contributed by atoms with Crippen LogP contribution < -0.4 is 11.1 Å². The molecule has 1 aliphatic rings. The summed E-state index contributed by atoms with van der Waals surface area (Å²) >= 11 is 3.10. The van der Waals surface area contributed by atoms with E-state index < -0.39 is 0 Å². The topological polar surface area (TPSA) is 68.0 Å². The van der Waals surface area contributed by atoms with Crippen molar-refractivity contribution in [3.05, 3.63) is 63.5 Å². The molecule has 140 valence electrons. The van der Waals surface area contributed by atoms with Crippen LogP contribution in [0.3, 0.4) is 0 Å². The third-order valence-corrected chi connectivity index (χ3v) is 7.26. The summed E-state index contributed by atoms with van der Waals surface area (Å²) in [6, 6.07) is 11.9. The van der Waals surface area contributed by atoms with Gasteiger partial charge in [-0.05, 0) is 54.8 Å². The number of nitrogens with zero attached hydrogens (tertiary/aromatic N) is 1. The van der Waals surface area contributed by atoms with E-state index in [2.05, 4.69) is 22.8 Å². The number of thiophene rings is 2. The van der Waals surface area contributed by atoms with E-state index in [0.29, 0.717) is 10.6 Å². The molecule has 0 radical (unpaired) electrons. The van der Waals surface area contributed by atoms with Crippen molar-refractivity contribution in [1.29, 1.82) is 0 Å². The maximum Gasteiger partial charge on any atom is 0.267 e. The maximum atomic E-state index is 13.0. The lowest BCUT2D eigenvalue weighted by atomic mass is 10.0. The molecule has 3 N–H and O–H groups in total. The van der Waals surface area contributed by atoms with E-state index in [-0.39, 0.29) is 5.91 Å². The van der Waals surface area contributed by atoms with Crippen molar-refractivity contribution in [1.82, 2.24) is 4.98 Å². The van der Waals surface area contributed by atoms with Crippen molar-refractivity contribution in [2.75, 3.05) is 11.1 Å². The second-order valence-electron chi connectivity index (χ2n) is 7.04. The van der Waals surface area contributed by atoms with E-state index in [4.69, 9.17) is 10.7 Å². The average Bonchev–Trinajstić information content (AvgIpc) is 3.42. The standard InChI is InChI=1S/C22H19N3OS2/c1-12-6-2-3-8-14(12)24-21(26)20-19(23)18-17(16-10-5-11-27-16)13-7-4-9-15(13)25-22(18)28-20/h2-3,5-6,8,10-11H,4,7,9,23H2,1H3,(H,24,26). The molecule has 4 nitrogen and oxygen atoms in total. The Kier molecular flexibility index (Phi) is 4.18. The number of nitrogen functional groups attached to an aromatic ring is 1. The number of carbonyl (C=O) groups is 1. The Morgan fingerprint density at radius 3 is 2.82 bits per heavy atom. The number of aromatic nitrogens is 1. The number of hydrogen-bond donors (Lipinski definition) is 2. The quantitative estimate of drug-likeness (QED) is 0.462. The smallest absolute Gasteiger partial charge is 0.267 e. The Morgan fingerprint density at radius 2 is 2.04 bits per heavy atom. The van der Waals surface area contributed by atoms with Crippen molar-refractivity contribution in [2.24, 2.45) is 0 Å². The van der Waals surface area contributed by atoms with Crippen LogP contribution in [-0.2, 0) is 12.8 Å². The number of nitrogens with one attached hydrogen (secondary N) is 1. The fourth-order valence-corrected chi connectivity index (χ4v) is 5.72. The molecule has 3 aromatic heterocycles. The number of aryl methyl sites for hydroxylation is 2.